The van der Waals surface area contributed by atoms with E-state index in [2.05, 4.69) is 5.32 Å². The Hall–Kier alpha value is -2.08. The number of aliphatic hydroxyl groups excluding tert-OH is 1. The standard InChI is InChI=1S/C16H23NO5/c1-16(2,3)8-12(18)9-17-15(21)11-5-4-6-13(7-11)22-10-14(19)20/h4-7,12,18H,8-10H2,1-3H3,(H,17,21)(H,19,20). The lowest BCUT2D eigenvalue weighted by Crippen LogP contribution is -2.34. The van der Waals surface area contributed by atoms with Gasteiger partial charge in [0.25, 0.3) is 5.91 Å². The first-order valence-corrected chi connectivity index (χ1v) is 7.08. The molecule has 0 radical (unpaired) electrons. The molecular formula is C16H23NO5. The summed E-state index contributed by atoms with van der Waals surface area (Å²) in [5.74, 6) is -1.11. The fraction of sp³-hybridized carbons (Fsp3) is 0.500. The van der Waals surface area contributed by atoms with Gasteiger partial charge >= 0.3 is 5.97 Å². The van der Waals surface area contributed by atoms with Crippen LogP contribution >= 0.6 is 0 Å². The minimum absolute atomic E-state index is 0.0191. The molecule has 0 spiro atoms. The van der Waals surface area contributed by atoms with E-state index in [4.69, 9.17) is 9.84 Å². The maximum atomic E-state index is 12.0. The molecule has 0 saturated heterocycles. The van der Waals surface area contributed by atoms with Crippen molar-refractivity contribution in [2.45, 2.75) is 33.3 Å². The zero-order valence-electron chi connectivity index (χ0n) is 13.1. The van der Waals surface area contributed by atoms with Crippen LogP contribution in [0.3, 0.4) is 0 Å². The van der Waals surface area contributed by atoms with E-state index < -0.39 is 18.7 Å². The topological polar surface area (TPSA) is 95.9 Å². The number of hydrogen-bond acceptors (Lipinski definition) is 4. The minimum Gasteiger partial charge on any atom is -0.482 e. The first-order valence-electron chi connectivity index (χ1n) is 7.08. The molecule has 1 atom stereocenters. The lowest BCUT2D eigenvalue weighted by atomic mass is 9.89. The van der Waals surface area contributed by atoms with E-state index in [0.717, 1.165) is 0 Å². The third-order valence-corrected chi connectivity index (χ3v) is 2.80. The van der Waals surface area contributed by atoms with E-state index in [9.17, 15) is 14.7 Å². The van der Waals surface area contributed by atoms with Crippen LogP contribution in [-0.2, 0) is 4.79 Å². The molecule has 1 aromatic rings. The summed E-state index contributed by atoms with van der Waals surface area (Å²) in [5, 5.41) is 21.1. The van der Waals surface area contributed by atoms with Crippen LogP contribution < -0.4 is 10.1 Å². The summed E-state index contributed by atoms with van der Waals surface area (Å²) in [6.07, 6.45) is -0.0370. The Balaban J connectivity index is 2.55. The van der Waals surface area contributed by atoms with E-state index in [1.807, 2.05) is 20.8 Å². The third-order valence-electron chi connectivity index (χ3n) is 2.80. The van der Waals surface area contributed by atoms with Crippen molar-refractivity contribution in [3.63, 3.8) is 0 Å². The Morgan fingerprint density at radius 3 is 2.59 bits per heavy atom. The molecule has 6 nitrogen and oxygen atoms in total. The van der Waals surface area contributed by atoms with Crippen LogP contribution in [0.1, 0.15) is 37.6 Å². The Morgan fingerprint density at radius 2 is 2.00 bits per heavy atom. The maximum Gasteiger partial charge on any atom is 0.341 e. The van der Waals surface area contributed by atoms with Crippen LogP contribution in [0.4, 0.5) is 0 Å². The Labute approximate surface area is 130 Å². The van der Waals surface area contributed by atoms with Gasteiger partial charge in [0.05, 0.1) is 6.10 Å². The van der Waals surface area contributed by atoms with Gasteiger partial charge in [0.2, 0.25) is 0 Å². The second-order valence-corrected chi connectivity index (χ2v) is 6.34. The van der Waals surface area contributed by atoms with Gasteiger partial charge < -0.3 is 20.3 Å². The highest BCUT2D eigenvalue weighted by Crippen LogP contribution is 2.20. The maximum absolute atomic E-state index is 12.0. The lowest BCUT2D eigenvalue weighted by Gasteiger charge is -2.22. The van der Waals surface area contributed by atoms with Crippen LogP contribution in [0.2, 0.25) is 0 Å². The summed E-state index contributed by atoms with van der Waals surface area (Å²) in [6.45, 7) is 5.75. The highest BCUT2D eigenvalue weighted by molar-refractivity contribution is 5.94. The molecule has 1 amide bonds. The van der Waals surface area contributed by atoms with Gasteiger partial charge in [0.1, 0.15) is 5.75 Å². The second-order valence-electron chi connectivity index (χ2n) is 6.34. The number of rotatable bonds is 7. The first kappa shape index (κ1) is 18.0. The van der Waals surface area contributed by atoms with E-state index in [0.29, 0.717) is 17.7 Å². The highest BCUT2D eigenvalue weighted by atomic mass is 16.5. The number of aliphatic hydroxyl groups is 1. The van der Waals surface area contributed by atoms with Crippen molar-refractivity contribution in [2.24, 2.45) is 5.41 Å². The molecule has 0 bridgehead atoms. The molecule has 6 heteroatoms. The van der Waals surface area contributed by atoms with Gasteiger partial charge in [-0.1, -0.05) is 26.8 Å². The number of carboxylic acid groups (broad SMARTS) is 1. The summed E-state index contributed by atoms with van der Waals surface area (Å²) in [5.41, 5.74) is 0.334. The van der Waals surface area contributed by atoms with Crippen LogP contribution in [-0.4, -0.2) is 41.3 Å². The van der Waals surface area contributed by atoms with Crippen molar-refractivity contribution in [1.82, 2.24) is 5.32 Å². The van der Waals surface area contributed by atoms with Crippen molar-refractivity contribution in [1.29, 1.82) is 0 Å². The molecule has 122 valence electrons. The lowest BCUT2D eigenvalue weighted by molar-refractivity contribution is -0.139. The van der Waals surface area contributed by atoms with E-state index in [-0.39, 0.29) is 17.9 Å². The molecule has 1 aromatic carbocycles. The number of carbonyl (C=O) groups excluding carboxylic acids is 1. The van der Waals surface area contributed by atoms with Crippen molar-refractivity contribution in [3.8, 4) is 5.75 Å². The summed E-state index contributed by atoms with van der Waals surface area (Å²) in [4.78, 5) is 22.5. The van der Waals surface area contributed by atoms with Gasteiger partial charge in [-0.3, -0.25) is 4.79 Å². The Morgan fingerprint density at radius 1 is 1.32 bits per heavy atom. The quantitative estimate of drug-likeness (QED) is 0.712. The largest absolute Gasteiger partial charge is 0.482 e. The molecule has 0 heterocycles. The average molecular weight is 309 g/mol. The van der Waals surface area contributed by atoms with Gasteiger partial charge in [0.15, 0.2) is 6.61 Å². The molecule has 0 aromatic heterocycles. The Kier molecular flexibility index (Phi) is 6.37. The third kappa shape index (κ3) is 7.08. The van der Waals surface area contributed by atoms with Crippen molar-refractivity contribution < 1.29 is 24.5 Å². The first-order chi connectivity index (χ1) is 10.2. The van der Waals surface area contributed by atoms with Crippen LogP contribution in [0.25, 0.3) is 0 Å². The predicted octanol–water partition coefficient (Wildman–Crippen LogP) is 1.68. The van der Waals surface area contributed by atoms with Gasteiger partial charge in [-0.15, -0.1) is 0 Å². The zero-order chi connectivity index (χ0) is 16.8. The number of benzene rings is 1. The predicted molar refractivity (Wildman–Crippen MR) is 82.0 cm³/mol. The monoisotopic (exact) mass is 309 g/mol. The van der Waals surface area contributed by atoms with Crippen molar-refractivity contribution in [2.75, 3.05) is 13.2 Å². The van der Waals surface area contributed by atoms with Crippen molar-refractivity contribution in [3.05, 3.63) is 29.8 Å². The average Bonchev–Trinajstić information content (AvgIpc) is 2.41. The smallest absolute Gasteiger partial charge is 0.341 e. The molecule has 0 saturated carbocycles. The number of aliphatic carboxylic acids is 1. The highest BCUT2D eigenvalue weighted by Gasteiger charge is 2.17. The summed E-state index contributed by atoms with van der Waals surface area (Å²) in [6, 6.07) is 6.25. The molecule has 0 aliphatic carbocycles. The summed E-state index contributed by atoms with van der Waals surface area (Å²) >= 11 is 0. The molecule has 1 unspecified atom stereocenters. The number of carboxylic acids is 1. The van der Waals surface area contributed by atoms with Crippen LogP contribution in [0, 0.1) is 5.41 Å². The molecule has 0 fully saturated rings. The van der Waals surface area contributed by atoms with Gasteiger partial charge in [-0.25, -0.2) is 4.79 Å². The Bertz CT molecular complexity index is 522. The van der Waals surface area contributed by atoms with Gasteiger partial charge in [0, 0.05) is 12.1 Å². The van der Waals surface area contributed by atoms with Crippen LogP contribution in [0.5, 0.6) is 5.75 Å². The fourth-order valence-electron chi connectivity index (χ4n) is 1.96. The molecule has 0 aliphatic rings. The SMILES string of the molecule is CC(C)(C)CC(O)CNC(=O)c1cccc(OCC(=O)O)c1. The van der Waals surface area contributed by atoms with Crippen LogP contribution in [0.15, 0.2) is 24.3 Å². The zero-order valence-corrected chi connectivity index (χ0v) is 13.1. The second kappa shape index (κ2) is 7.79. The molecule has 22 heavy (non-hydrogen) atoms. The molecule has 0 aliphatic heterocycles. The van der Waals surface area contributed by atoms with Gasteiger partial charge in [-0.2, -0.15) is 0 Å². The van der Waals surface area contributed by atoms with E-state index >= 15 is 0 Å². The fourth-order valence-corrected chi connectivity index (χ4v) is 1.96. The van der Waals surface area contributed by atoms with Gasteiger partial charge in [-0.05, 0) is 30.0 Å². The number of amides is 1. The van der Waals surface area contributed by atoms with E-state index in [1.165, 1.54) is 6.07 Å². The molecular weight excluding hydrogens is 286 g/mol. The number of carbonyl (C=O) groups is 2. The minimum atomic E-state index is -1.08. The number of nitrogens with one attached hydrogen (secondary N) is 1. The normalized spacial score (nSPS) is 12.5. The summed E-state index contributed by atoms with van der Waals surface area (Å²) in [7, 11) is 0. The molecule has 3 N–H and O–H groups in total. The molecule has 1 rings (SSSR count). The van der Waals surface area contributed by atoms with E-state index in [1.54, 1.807) is 18.2 Å². The number of ether oxygens (including phenoxy) is 1. The van der Waals surface area contributed by atoms with Crippen molar-refractivity contribution >= 4 is 11.9 Å². The summed E-state index contributed by atoms with van der Waals surface area (Å²) < 4.78 is 5.02. The number of hydrogen-bond donors (Lipinski definition) is 3.